The summed E-state index contributed by atoms with van der Waals surface area (Å²) in [5.41, 5.74) is 2.45. The second-order valence-corrected chi connectivity index (χ2v) is 10.1. The molecule has 2 unspecified atom stereocenters. The fraction of sp³-hybridized carbons (Fsp3) is 0.265. The highest BCUT2D eigenvalue weighted by Gasteiger charge is 2.52. The minimum Gasteiger partial charge on any atom is -0.497 e. The van der Waals surface area contributed by atoms with Crippen LogP contribution in [0.5, 0.6) is 11.5 Å². The number of hydrogen-bond acceptors (Lipinski definition) is 6. The van der Waals surface area contributed by atoms with Crippen molar-refractivity contribution in [2.24, 2.45) is 5.92 Å². The molecule has 1 amide bonds. The lowest BCUT2D eigenvalue weighted by Gasteiger charge is -2.41. The zero-order chi connectivity index (χ0) is 28.7. The molecule has 7 heteroatoms. The van der Waals surface area contributed by atoms with Gasteiger partial charge in [0.1, 0.15) is 23.7 Å². The SMILES string of the molecule is COc1ccc(C(OCc2ccccc2)(c2ccc(OC)cc2)C2CN(C(=O)OCc3ccccc3)CC2O)cc1. The molecule has 0 saturated carbocycles. The Morgan fingerprint density at radius 3 is 1.71 bits per heavy atom. The van der Waals surface area contributed by atoms with Crippen LogP contribution in [0.25, 0.3) is 0 Å². The van der Waals surface area contributed by atoms with Gasteiger partial charge in [0, 0.05) is 12.5 Å². The first kappa shape index (κ1) is 28.2. The van der Waals surface area contributed by atoms with Crippen molar-refractivity contribution in [1.29, 1.82) is 0 Å². The van der Waals surface area contributed by atoms with Gasteiger partial charge in [0.05, 0.1) is 33.5 Å². The zero-order valence-electron chi connectivity index (χ0n) is 23.3. The molecule has 0 aromatic heterocycles. The van der Waals surface area contributed by atoms with E-state index in [0.29, 0.717) is 18.1 Å². The molecule has 1 aliphatic rings. The molecule has 41 heavy (non-hydrogen) atoms. The molecule has 0 bridgehead atoms. The molecule has 0 radical (unpaired) electrons. The molecule has 1 fully saturated rings. The molecule has 7 nitrogen and oxygen atoms in total. The summed E-state index contributed by atoms with van der Waals surface area (Å²) in [6.45, 7) is 0.812. The standard InChI is InChI=1S/C34H35NO6/c1-38-29-17-13-27(14-18-29)34(28-15-19-30(39-2)20-16-28,41-24-26-11-7-4-8-12-26)31-21-35(22-32(31)36)33(37)40-23-25-9-5-3-6-10-25/h3-20,31-32,36H,21-24H2,1-2H3. The maximum Gasteiger partial charge on any atom is 0.410 e. The minimum absolute atomic E-state index is 0.126. The molecule has 1 aliphatic heterocycles. The van der Waals surface area contributed by atoms with E-state index in [0.717, 1.165) is 22.3 Å². The first-order valence-electron chi connectivity index (χ1n) is 13.6. The average Bonchev–Trinajstić information content (AvgIpc) is 3.43. The predicted octanol–water partition coefficient (Wildman–Crippen LogP) is 5.79. The lowest BCUT2D eigenvalue weighted by Crippen LogP contribution is -2.45. The number of amides is 1. The highest BCUT2D eigenvalue weighted by molar-refractivity contribution is 5.68. The van der Waals surface area contributed by atoms with Crippen molar-refractivity contribution >= 4 is 6.09 Å². The van der Waals surface area contributed by atoms with Crippen LogP contribution in [0.3, 0.4) is 0 Å². The Hall–Kier alpha value is -4.33. The van der Waals surface area contributed by atoms with Gasteiger partial charge < -0.3 is 29.0 Å². The van der Waals surface area contributed by atoms with Crippen LogP contribution in [-0.4, -0.2) is 49.5 Å². The molecule has 0 spiro atoms. The molecule has 212 valence electrons. The molecule has 1 saturated heterocycles. The van der Waals surface area contributed by atoms with E-state index in [2.05, 4.69) is 0 Å². The highest BCUT2D eigenvalue weighted by atomic mass is 16.6. The fourth-order valence-electron chi connectivity index (χ4n) is 5.46. The number of likely N-dealkylation sites (tertiary alicyclic amines) is 1. The van der Waals surface area contributed by atoms with Crippen molar-refractivity contribution in [1.82, 2.24) is 4.90 Å². The van der Waals surface area contributed by atoms with Crippen molar-refractivity contribution < 1.29 is 28.8 Å². The maximum atomic E-state index is 13.2. The third-order valence-electron chi connectivity index (χ3n) is 7.62. The Bertz CT molecular complexity index is 1350. The van der Waals surface area contributed by atoms with Gasteiger partial charge in [-0.3, -0.25) is 0 Å². The van der Waals surface area contributed by atoms with Gasteiger partial charge in [-0.15, -0.1) is 0 Å². The molecule has 4 aromatic rings. The number of ether oxygens (including phenoxy) is 4. The zero-order valence-corrected chi connectivity index (χ0v) is 23.3. The van der Waals surface area contributed by atoms with Crippen LogP contribution in [0.1, 0.15) is 22.3 Å². The summed E-state index contributed by atoms with van der Waals surface area (Å²) < 4.78 is 23.4. The molecule has 2 atom stereocenters. The predicted molar refractivity (Wildman–Crippen MR) is 156 cm³/mol. The van der Waals surface area contributed by atoms with Crippen LogP contribution >= 0.6 is 0 Å². The number of methoxy groups -OCH3 is 2. The fourth-order valence-corrected chi connectivity index (χ4v) is 5.46. The smallest absolute Gasteiger partial charge is 0.410 e. The van der Waals surface area contributed by atoms with Gasteiger partial charge in [0.25, 0.3) is 0 Å². The number of aliphatic hydroxyl groups excluding tert-OH is 1. The summed E-state index contributed by atoms with van der Waals surface area (Å²) in [7, 11) is 3.24. The van der Waals surface area contributed by atoms with E-state index >= 15 is 0 Å². The molecule has 1 N–H and O–H groups in total. The number of β-amino-alcohol motifs (C(OH)–C–C–N with tert-alkyl or cyclic N) is 1. The Kier molecular flexibility index (Phi) is 8.87. The van der Waals surface area contributed by atoms with E-state index in [-0.39, 0.29) is 19.7 Å². The van der Waals surface area contributed by atoms with Crippen LogP contribution in [0.2, 0.25) is 0 Å². The van der Waals surface area contributed by atoms with Crippen molar-refractivity contribution in [2.45, 2.75) is 24.9 Å². The first-order chi connectivity index (χ1) is 20.0. The lowest BCUT2D eigenvalue weighted by atomic mass is 9.74. The van der Waals surface area contributed by atoms with Crippen LogP contribution in [0.15, 0.2) is 109 Å². The Morgan fingerprint density at radius 1 is 0.732 bits per heavy atom. The third-order valence-corrected chi connectivity index (χ3v) is 7.62. The molecule has 5 rings (SSSR count). The van der Waals surface area contributed by atoms with Gasteiger partial charge in [-0.1, -0.05) is 84.9 Å². The van der Waals surface area contributed by atoms with Crippen LogP contribution in [0.4, 0.5) is 4.79 Å². The Labute approximate surface area is 240 Å². The topological polar surface area (TPSA) is 77.5 Å². The van der Waals surface area contributed by atoms with Crippen molar-refractivity contribution in [3.8, 4) is 11.5 Å². The summed E-state index contributed by atoms with van der Waals surface area (Å²) in [4.78, 5) is 14.7. The summed E-state index contributed by atoms with van der Waals surface area (Å²) in [6, 6.07) is 34.8. The first-order valence-corrected chi connectivity index (χ1v) is 13.6. The number of carbonyl (C=O) groups excluding carboxylic acids is 1. The van der Waals surface area contributed by atoms with E-state index in [9.17, 15) is 9.90 Å². The van der Waals surface area contributed by atoms with E-state index in [1.54, 1.807) is 19.1 Å². The Balaban J connectivity index is 1.52. The highest BCUT2D eigenvalue weighted by Crippen LogP contribution is 2.46. The normalized spacial score (nSPS) is 16.8. The second kappa shape index (κ2) is 12.9. The number of carbonyl (C=O) groups is 1. The maximum absolute atomic E-state index is 13.2. The monoisotopic (exact) mass is 553 g/mol. The molecular weight excluding hydrogens is 518 g/mol. The van der Waals surface area contributed by atoms with E-state index in [1.165, 1.54) is 0 Å². The van der Waals surface area contributed by atoms with Gasteiger partial charge in [-0.25, -0.2) is 4.79 Å². The quantitative estimate of drug-likeness (QED) is 0.268. The van der Waals surface area contributed by atoms with Gasteiger partial charge in [0.2, 0.25) is 0 Å². The van der Waals surface area contributed by atoms with Crippen LogP contribution < -0.4 is 9.47 Å². The van der Waals surface area contributed by atoms with Crippen molar-refractivity contribution in [3.05, 3.63) is 131 Å². The second-order valence-electron chi connectivity index (χ2n) is 10.1. The van der Waals surface area contributed by atoms with Gasteiger partial charge >= 0.3 is 6.09 Å². The van der Waals surface area contributed by atoms with Gasteiger partial charge in [-0.2, -0.15) is 0 Å². The number of hydrogen-bond donors (Lipinski definition) is 1. The van der Waals surface area contributed by atoms with Crippen molar-refractivity contribution in [2.75, 3.05) is 27.3 Å². The minimum atomic E-state index is -1.11. The third kappa shape index (κ3) is 6.21. The van der Waals surface area contributed by atoms with Crippen LogP contribution in [-0.2, 0) is 28.3 Å². The number of rotatable bonds is 10. The summed E-state index contributed by atoms with van der Waals surface area (Å²) in [6.07, 6.45) is -1.35. The number of nitrogens with zero attached hydrogens (tertiary/aromatic N) is 1. The van der Waals surface area contributed by atoms with Gasteiger partial charge in [0.15, 0.2) is 0 Å². The van der Waals surface area contributed by atoms with Gasteiger partial charge in [-0.05, 0) is 46.5 Å². The summed E-state index contributed by atoms with van der Waals surface area (Å²) >= 11 is 0. The molecule has 0 aliphatic carbocycles. The van der Waals surface area contributed by atoms with Crippen LogP contribution in [0, 0.1) is 5.92 Å². The van der Waals surface area contributed by atoms with E-state index in [4.69, 9.17) is 18.9 Å². The Morgan fingerprint density at radius 2 is 1.22 bits per heavy atom. The summed E-state index contributed by atoms with van der Waals surface area (Å²) in [5.74, 6) is 0.911. The summed E-state index contributed by atoms with van der Waals surface area (Å²) in [5, 5.41) is 11.6. The molecule has 1 heterocycles. The number of benzene rings is 4. The molecule has 4 aromatic carbocycles. The van der Waals surface area contributed by atoms with E-state index in [1.807, 2.05) is 109 Å². The lowest BCUT2D eigenvalue weighted by molar-refractivity contribution is -0.0941. The average molecular weight is 554 g/mol. The van der Waals surface area contributed by atoms with Crippen molar-refractivity contribution in [3.63, 3.8) is 0 Å². The molecular formula is C34H35NO6. The largest absolute Gasteiger partial charge is 0.497 e. The van der Waals surface area contributed by atoms with E-state index < -0.39 is 23.7 Å². The number of aliphatic hydroxyl groups is 1.